The van der Waals surface area contributed by atoms with Gasteiger partial charge in [0.05, 0.1) is 6.04 Å². The Morgan fingerprint density at radius 1 is 1.06 bits per heavy atom. The molecular formula is C11H24O5Si. The molecule has 0 amide bonds. The number of esters is 1. The smallest absolute Gasteiger partial charge is 0.463 e. The molecule has 5 nitrogen and oxygen atoms in total. The highest BCUT2D eigenvalue weighted by Gasteiger charge is 2.42. The Balaban J connectivity index is 4.56. The molecule has 17 heavy (non-hydrogen) atoms. The van der Waals surface area contributed by atoms with Crippen LogP contribution >= 0.6 is 0 Å². The van der Waals surface area contributed by atoms with Gasteiger partial charge in [0.2, 0.25) is 0 Å². The van der Waals surface area contributed by atoms with E-state index in [9.17, 15) is 4.79 Å². The molecule has 1 atom stereocenters. The molecule has 0 N–H and O–H groups in total. The average Bonchev–Trinajstić information content (AvgIpc) is 2.16. The van der Waals surface area contributed by atoms with Crippen molar-refractivity contribution in [3.63, 3.8) is 0 Å². The molecular weight excluding hydrogens is 240 g/mol. The van der Waals surface area contributed by atoms with E-state index in [1.54, 1.807) is 0 Å². The number of carbonyl (C=O) groups is 1. The molecule has 0 saturated heterocycles. The minimum atomic E-state index is -2.70. The summed E-state index contributed by atoms with van der Waals surface area (Å²) in [5.41, 5.74) is 0. The van der Waals surface area contributed by atoms with Crippen LogP contribution in [0.2, 0.25) is 6.04 Å². The minimum Gasteiger partial charge on any atom is -0.463 e. The van der Waals surface area contributed by atoms with Gasteiger partial charge < -0.3 is 18.0 Å². The number of rotatable bonds is 9. The SMILES string of the molecule is CCO[Si](CC(C)OC(C)=O)(OCC)OCC. The number of hydrogen-bond acceptors (Lipinski definition) is 5. The summed E-state index contributed by atoms with van der Waals surface area (Å²) in [5, 5.41) is 0. The molecule has 0 radical (unpaired) electrons. The van der Waals surface area contributed by atoms with E-state index >= 15 is 0 Å². The Hall–Kier alpha value is -0.433. The van der Waals surface area contributed by atoms with Crippen molar-refractivity contribution in [2.45, 2.75) is 46.8 Å². The fourth-order valence-corrected chi connectivity index (χ4v) is 4.35. The normalized spacial score (nSPS) is 13.5. The highest BCUT2D eigenvalue weighted by molar-refractivity contribution is 6.60. The Kier molecular flexibility index (Phi) is 8.41. The Morgan fingerprint density at radius 2 is 1.47 bits per heavy atom. The second kappa shape index (κ2) is 8.63. The molecule has 0 heterocycles. The zero-order valence-corrected chi connectivity index (χ0v) is 12.4. The van der Waals surface area contributed by atoms with Crippen molar-refractivity contribution >= 4 is 14.8 Å². The summed E-state index contributed by atoms with van der Waals surface area (Å²) in [6.45, 7) is 10.5. The third-order valence-corrected chi connectivity index (χ3v) is 5.26. The van der Waals surface area contributed by atoms with E-state index in [0.29, 0.717) is 25.9 Å². The van der Waals surface area contributed by atoms with E-state index in [2.05, 4.69) is 0 Å². The summed E-state index contributed by atoms with van der Waals surface area (Å²) in [5.74, 6) is -0.301. The second-order valence-electron chi connectivity index (χ2n) is 3.61. The lowest BCUT2D eigenvalue weighted by Crippen LogP contribution is -2.48. The van der Waals surface area contributed by atoms with Gasteiger partial charge in [-0.15, -0.1) is 0 Å². The molecule has 1 unspecified atom stereocenters. The van der Waals surface area contributed by atoms with Crippen molar-refractivity contribution in [1.82, 2.24) is 0 Å². The van der Waals surface area contributed by atoms with Crippen LogP contribution in [0.5, 0.6) is 0 Å². The molecule has 0 aromatic rings. The van der Waals surface area contributed by atoms with Gasteiger partial charge in [0.15, 0.2) is 0 Å². The molecule has 0 saturated carbocycles. The Morgan fingerprint density at radius 3 is 1.76 bits per heavy atom. The van der Waals surface area contributed by atoms with Crippen LogP contribution in [0.3, 0.4) is 0 Å². The van der Waals surface area contributed by atoms with E-state index in [4.69, 9.17) is 18.0 Å². The van der Waals surface area contributed by atoms with Crippen LogP contribution in [0.25, 0.3) is 0 Å². The Bertz CT molecular complexity index is 205. The first-order valence-electron chi connectivity index (χ1n) is 6.08. The standard InChI is InChI=1S/C11H24O5Si/c1-6-13-17(14-7-2,15-8-3)9-10(4)16-11(5)12/h10H,6-9H2,1-5H3. The van der Waals surface area contributed by atoms with Crippen LogP contribution in [-0.2, 0) is 22.8 Å². The molecule has 0 aliphatic heterocycles. The zero-order valence-electron chi connectivity index (χ0n) is 11.4. The van der Waals surface area contributed by atoms with Crippen molar-refractivity contribution in [2.24, 2.45) is 0 Å². The first-order chi connectivity index (χ1) is 7.99. The second-order valence-corrected chi connectivity index (χ2v) is 6.25. The van der Waals surface area contributed by atoms with E-state index in [0.717, 1.165) is 0 Å². The summed E-state index contributed by atoms with van der Waals surface area (Å²) in [4.78, 5) is 10.9. The quantitative estimate of drug-likeness (QED) is 0.471. The first-order valence-corrected chi connectivity index (χ1v) is 8.01. The third-order valence-electron chi connectivity index (χ3n) is 2.00. The summed E-state index contributed by atoms with van der Waals surface area (Å²) < 4.78 is 22.1. The van der Waals surface area contributed by atoms with Crippen molar-refractivity contribution in [2.75, 3.05) is 19.8 Å². The zero-order chi connectivity index (χ0) is 13.3. The van der Waals surface area contributed by atoms with Gasteiger partial charge in [-0.05, 0) is 27.7 Å². The van der Waals surface area contributed by atoms with Gasteiger partial charge in [0, 0.05) is 26.7 Å². The third kappa shape index (κ3) is 6.77. The van der Waals surface area contributed by atoms with Crippen LogP contribution in [-0.4, -0.2) is 40.7 Å². The van der Waals surface area contributed by atoms with Gasteiger partial charge in [-0.25, -0.2) is 0 Å². The summed E-state index contributed by atoms with van der Waals surface area (Å²) in [6.07, 6.45) is -0.260. The lowest BCUT2D eigenvalue weighted by atomic mass is 10.5. The lowest BCUT2D eigenvalue weighted by Gasteiger charge is -2.30. The first kappa shape index (κ1) is 16.6. The van der Waals surface area contributed by atoms with Gasteiger partial charge >= 0.3 is 14.8 Å². The van der Waals surface area contributed by atoms with E-state index in [1.165, 1.54) is 6.92 Å². The fourth-order valence-electron chi connectivity index (χ4n) is 1.64. The average molecular weight is 264 g/mol. The van der Waals surface area contributed by atoms with Crippen molar-refractivity contribution in [3.05, 3.63) is 0 Å². The van der Waals surface area contributed by atoms with Gasteiger partial charge in [-0.2, -0.15) is 0 Å². The molecule has 0 aromatic carbocycles. The summed E-state index contributed by atoms with van der Waals surface area (Å²) in [6, 6.07) is 0.488. The minimum absolute atomic E-state index is 0.260. The maximum absolute atomic E-state index is 10.9. The number of hydrogen-bond donors (Lipinski definition) is 0. The molecule has 0 fully saturated rings. The molecule has 0 aliphatic rings. The Labute approximate surface area is 105 Å². The van der Waals surface area contributed by atoms with E-state index in [-0.39, 0.29) is 12.1 Å². The number of carbonyl (C=O) groups excluding carboxylic acids is 1. The predicted molar refractivity (Wildman–Crippen MR) is 66.7 cm³/mol. The highest BCUT2D eigenvalue weighted by Crippen LogP contribution is 2.19. The lowest BCUT2D eigenvalue weighted by molar-refractivity contribution is -0.145. The van der Waals surface area contributed by atoms with Crippen LogP contribution in [0.4, 0.5) is 0 Å². The molecule has 0 aliphatic carbocycles. The molecule has 102 valence electrons. The van der Waals surface area contributed by atoms with E-state index < -0.39 is 8.80 Å². The summed E-state index contributed by atoms with van der Waals surface area (Å²) >= 11 is 0. The topological polar surface area (TPSA) is 54.0 Å². The van der Waals surface area contributed by atoms with Gasteiger partial charge in [0.25, 0.3) is 0 Å². The molecule has 6 heteroatoms. The monoisotopic (exact) mass is 264 g/mol. The fraction of sp³-hybridized carbons (Fsp3) is 0.909. The molecule has 0 bridgehead atoms. The van der Waals surface area contributed by atoms with Crippen molar-refractivity contribution in [3.8, 4) is 0 Å². The highest BCUT2D eigenvalue weighted by atomic mass is 28.4. The van der Waals surface area contributed by atoms with Crippen molar-refractivity contribution in [1.29, 1.82) is 0 Å². The molecule has 0 rings (SSSR count). The predicted octanol–water partition coefficient (Wildman–Crippen LogP) is 1.99. The van der Waals surface area contributed by atoms with Crippen LogP contribution < -0.4 is 0 Å². The van der Waals surface area contributed by atoms with Crippen LogP contribution in [0.1, 0.15) is 34.6 Å². The van der Waals surface area contributed by atoms with Gasteiger partial charge in [0.1, 0.15) is 6.10 Å². The van der Waals surface area contributed by atoms with Crippen LogP contribution in [0.15, 0.2) is 0 Å². The molecule has 0 spiro atoms. The van der Waals surface area contributed by atoms with Gasteiger partial charge in [-0.3, -0.25) is 4.79 Å². The molecule has 0 aromatic heterocycles. The van der Waals surface area contributed by atoms with E-state index in [1.807, 2.05) is 27.7 Å². The summed E-state index contributed by atoms with van der Waals surface area (Å²) in [7, 11) is -2.70. The van der Waals surface area contributed by atoms with Crippen molar-refractivity contribution < 1.29 is 22.8 Å². The number of ether oxygens (including phenoxy) is 1. The maximum Gasteiger partial charge on any atom is 0.504 e. The maximum atomic E-state index is 10.9. The van der Waals surface area contributed by atoms with Crippen LogP contribution in [0, 0.1) is 0 Å². The van der Waals surface area contributed by atoms with Gasteiger partial charge in [-0.1, -0.05) is 0 Å². The largest absolute Gasteiger partial charge is 0.504 e.